The van der Waals surface area contributed by atoms with Gasteiger partial charge in [0.2, 0.25) is 5.91 Å². The molecule has 0 unspecified atom stereocenters. The maximum atomic E-state index is 13.6. The average Bonchev–Trinajstić information content (AvgIpc) is 2.81. The number of rotatable bonds is 9. The van der Waals surface area contributed by atoms with Gasteiger partial charge in [-0.1, -0.05) is 42.5 Å². The molecular weight excluding hydrogens is 428 g/mol. The van der Waals surface area contributed by atoms with E-state index in [1.807, 2.05) is 30.3 Å². The first-order valence-corrected chi connectivity index (χ1v) is 10.4. The third-order valence-corrected chi connectivity index (χ3v) is 4.78. The lowest BCUT2D eigenvalue weighted by Crippen LogP contribution is -2.27. The maximum Gasteiger partial charge on any atom is 0.254 e. The molecule has 0 atom stereocenters. The smallest absolute Gasteiger partial charge is 0.254 e. The predicted molar refractivity (Wildman–Crippen MR) is 121 cm³/mol. The summed E-state index contributed by atoms with van der Waals surface area (Å²) in [6.07, 6.45) is 0.370. The minimum atomic E-state index is -0.951. The van der Waals surface area contributed by atoms with Crippen molar-refractivity contribution in [2.45, 2.75) is 19.4 Å². The van der Waals surface area contributed by atoms with E-state index in [-0.39, 0.29) is 30.3 Å². The number of para-hydroxylation sites is 1. The quantitative estimate of drug-likeness (QED) is 0.429. The lowest BCUT2D eigenvalue weighted by Gasteiger charge is -2.12. The van der Waals surface area contributed by atoms with Crippen LogP contribution in [-0.2, 0) is 11.3 Å². The van der Waals surface area contributed by atoms with E-state index in [0.29, 0.717) is 30.3 Å². The monoisotopic (exact) mass is 451 g/mol. The zero-order valence-corrected chi connectivity index (χ0v) is 17.7. The number of hydrogen-bond acceptors (Lipinski definition) is 3. The van der Waals surface area contributed by atoms with Gasteiger partial charge in [0, 0.05) is 25.6 Å². The van der Waals surface area contributed by atoms with E-state index in [0.717, 1.165) is 17.7 Å². The van der Waals surface area contributed by atoms with Crippen LogP contribution < -0.4 is 16.0 Å². The first-order chi connectivity index (χ1) is 15.9. The fourth-order valence-electron chi connectivity index (χ4n) is 3.10. The summed E-state index contributed by atoms with van der Waals surface area (Å²) in [6.45, 7) is 0.485. The van der Waals surface area contributed by atoms with Crippen LogP contribution in [0.25, 0.3) is 0 Å². The van der Waals surface area contributed by atoms with Gasteiger partial charge in [0.05, 0.1) is 16.8 Å². The number of anilines is 1. The molecule has 6 nitrogen and oxygen atoms in total. The molecule has 0 fully saturated rings. The molecule has 0 aliphatic rings. The topological polar surface area (TPSA) is 87.3 Å². The molecule has 8 heteroatoms. The van der Waals surface area contributed by atoms with Crippen LogP contribution in [-0.4, -0.2) is 24.3 Å². The molecule has 0 saturated carbocycles. The van der Waals surface area contributed by atoms with Crippen molar-refractivity contribution in [2.24, 2.45) is 0 Å². The second-order valence-corrected chi connectivity index (χ2v) is 7.25. The Labute approximate surface area is 190 Å². The van der Waals surface area contributed by atoms with Gasteiger partial charge in [-0.25, -0.2) is 8.78 Å². The highest BCUT2D eigenvalue weighted by Crippen LogP contribution is 2.16. The average molecular weight is 451 g/mol. The molecule has 3 N–H and O–H groups in total. The van der Waals surface area contributed by atoms with Gasteiger partial charge in [0.15, 0.2) is 0 Å². The van der Waals surface area contributed by atoms with Gasteiger partial charge in [0.25, 0.3) is 11.8 Å². The summed E-state index contributed by atoms with van der Waals surface area (Å²) in [5.41, 5.74) is 1.40. The predicted octanol–water partition coefficient (Wildman–Crippen LogP) is 4.04. The normalized spacial score (nSPS) is 10.4. The maximum absolute atomic E-state index is 13.6. The third-order valence-electron chi connectivity index (χ3n) is 4.78. The van der Waals surface area contributed by atoms with E-state index < -0.39 is 17.5 Å². The summed E-state index contributed by atoms with van der Waals surface area (Å²) in [6, 6.07) is 18.8. The second kappa shape index (κ2) is 11.5. The highest BCUT2D eigenvalue weighted by molar-refractivity contribution is 6.03. The lowest BCUT2D eigenvalue weighted by atomic mass is 10.1. The van der Waals surface area contributed by atoms with Crippen molar-refractivity contribution in [3.05, 3.63) is 101 Å². The number of nitrogens with one attached hydrogen (secondary N) is 3. The van der Waals surface area contributed by atoms with Crippen molar-refractivity contribution < 1.29 is 23.2 Å². The second-order valence-electron chi connectivity index (χ2n) is 7.25. The number of halogens is 2. The fraction of sp³-hybridized carbons (Fsp3) is 0.160. The molecule has 0 bridgehead atoms. The summed E-state index contributed by atoms with van der Waals surface area (Å²) in [5, 5.41) is 8.03. The third kappa shape index (κ3) is 6.96. The zero-order chi connectivity index (χ0) is 23.6. The van der Waals surface area contributed by atoms with Crippen LogP contribution in [0, 0.1) is 11.6 Å². The van der Waals surface area contributed by atoms with Crippen LogP contribution in [0.1, 0.15) is 39.1 Å². The molecule has 0 heterocycles. The molecule has 170 valence electrons. The number of carbonyl (C=O) groups excluding carboxylic acids is 3. The summed E-state index contributed by atoms with van der Waals surface area (Å²) < 4.78 is 26.6. The molecule has 33 heavy (non-hydrogen) atoms. The molecule has 0 radical (unpaired) electrons. The summed E-state index contributed by atoms with van der Waals surface area (Å²) >= 11 is 0. The Morgan fingerprint density at radius 2 is 1.45 bits per heavy atom. The summed E-state index contributed by atoms with van der Waals surface area (Å²) in [5.74, 6) is -3.06. The Balaban J connectivity index is 1.47. The zero-order valence-electron chi connectivity index (χ0n) is 17.7. The SMILES string of the molecule is O=C(CCCNC(=O)c1ccc(F)cc1F)Nc1ccccc1C(=O)NCc1ccccc1. The van der Waals surface area contributed by atoms with Gasteiger partial charge in [0.1, 0.15) is 11.6 Å². The van der Waals surface area contributed by atoms with Gasteiger partial charge in [-0.05, 0) is 36.2 Å². The number of hydrogen-bond donors (Lipinski definition) is 3. The molecule has 0 aliphatic carbocycles. The largest absolute Gasteiger partial charge is 0.352 e. The van der Waals surface area contributed by atoms with Crippen LogP contribution in [0.15, 0.2) is 72.8 Å². The molecule has 3 rings (SSSR count). The van der Waals surface area contributed by atoms with Crippen molar-refractivity contribution in [1.82, 2.24) is 10.6 Å². The molecule has 0 spiro atoms. The van der Waals surface area contributed by atoms with E-state index in [1.165, 1.54) is 0 Å². The molecule has 3 aromatic rings. The summed E-state index contributed by atoms with van der Waals surface area (Å²) in [7, 11) is 0. The Morgan fingerprint density at radius 1 is 0.758 bits per heavy atom. The summed E-state index contributed by atoms with van der Waals surface area (Å²) in [4.78, 5) is 36.9. The first kappa shape index (κ1) is 23.6. The highest BCUT2D eigenvalue weighted by Gasteiger charge is 2.14. The van der Waals surface area contributed by atoms with E-state index in [2.05, 4.69) is 16.0 Å². The van der Waals surface area contributed by atoms with E-state index in [1.54, 1.807) is 24.3 Å². The highest BCUT2D eigenvalue weighted by atomic mass is 19.1. The Bertz CT molecular complexity index is 1140. The van der Waals surface area contributed by atoms with Crippen LogP contribution >= 0.6 is 0 Å². The molecule has 3 amide bonds. The van der Waals surface area contributed by atoms with Crippen LogP contribution in [0.3, 0.4) is 0 Å². The van der Waals surface area contributed by atoms with Gasteiger partial charge >= 0.3 is 0 Å². The van der Waals surface area contributed by atoms with Crippen molar-refractivity contribution in [1.29, 1.82) is 0 Å². The lowest BCUT2D eigenvalue weighted by molar-refractivity contribution is -0.116. The number of carbonyl (C=O) groups is 3. The fourth-order valence-corrected chi connectivity index (χ4v) is 3.10. The van der Waals surface area contributed by atoms with E-state index in [4.69, 9.17) is 0 Å². The minimum absolute atomic E-state index is 0.0755. The Hall–Kier alpha value is -4.07. The van der Waals surface area contributed by atoms with Crippen molar-refractivity contribution >= 4 is 23.4 Å². The Morgan fingerprint density at radius 3 is 2.21 bits per heavy atom. The van der Waals surface area contributed by atoms with Crippen molar-refractivity contribution in [3.63, 3.8) is 0 Å². The number of amides is 3. The molecular formula is C25H23F2N3O3. The van der Waals surface area contributed by atoms with Crippen LogP contribution in [0.4, 0.5) is 14.5 Å². The van der Waals surface area contributed by atoms with Gasteiger partial charge in [-0.3, -0.25) is 14.4 Å². The number of benzene rings is 3. The van der Waals surface area contributed by atoms with Crippen molar-refractivity contribution in [3.8, 4) is 0 Å². The molecule has 0 saturated heterocycles. The van der Waals surface area contributed by atoms with E-state index >= 15 is 0 Å². The standard InChI is InChI=1S/C25H23F2N3O3/c26-18-12-13-19(21(27)15-18)24(32)28-14-6-11-23(31)30-22-10-5-4-9-20(22)25(33)29-16-17-7-2-1-3-8-17/h1-5,7-10,12-13,15H,6,11,14,16H2,(H,28,32)(H,29,33)(H,30,31). The molecule has 0 aromatic heterocycles. The van der Waals surface area contributed by atoms with Gasteiger partial charge < -0.3 is 16.0 Å². The van der Waals surface area contributed by atoms with Gasteiger partial charge in [-0.2, -0.15) is 0 Å². The van der Waals surface area contributed by atoms with Crippen molar-refractivity contribution in [2.75, 3.05) is 11.9 Å². The van der Waals surface area contributed by atoms with Crippen LogP contribution in [0.2, 0.25) is 0 Å². The molecule has 0 aliphatic heterocycles. The Kier molecular flexibility index (Phi) is 8.24. The first-order valence-electron chi connectivity index (χ1n) is 10.4. The van der Waals surface area contributed by atoms with E-state index in [9.17, 15) is 23.2 Å². The van der Waals surface area contributed by atoms with Gasteiger partial charge in [-0.15, -0.1) is 0 Å². The van der Waals surface area contributed by atoms with Crippen LogP contribution in [0.5, 0.6) is 0 Å². The minimum Gasteiger partial charge on any atom is -0.352 e. The molecule has 3 aromatic carbocycles.